The van der Waals surface area contributed by atoms with Crippen LogP contribution in [-0.4, -0.2) is 31.4 Å². The molecule has 6 heteroatoms. The fraction of sp³-hybridized carbons (Fsp3) is 0.417. The van der Waals surface area contributed by atoms with Crippen LogP contribution in [0.25, 0.3) is 0 Å². The molecule has 0 amide bonds. The molecule has 2 bridgehead atoms. The van der Waals surface area contributed by atoms with Crippen molar-refractivity contribution in [2.75, 3.05) is 0 Å². The van der Waals surface area contributed by atoms with E-state index in [0.717, 1.165) is 24.0 Å². The molecule has 30 heavy (non-hydrogen) atoms. The Bertz CT molecular complexity index is 872. The second-order valence-corrected chi connectivity index (χ2v) is 8.10. The fourth-order valence-electron chi connectivity index (χ4n) is 4.68. The van der Waals surface area contributed by atoms with Crippen molar-refractivity contribution in [3.63, 3.8) is 0 Å². The summed E-state index contributed by atoms with van der Waals surface area (Å²) in [5.41, 5.74) is 0.868. The van der Waals surface area contributed by atoms with Gasteiger partial charge in [-0.05, 0) is 29.9 Å². The molecule has 2 aliphatic rings. The third-order valence-electron chi connectivity index (χ3n) is 6.09. The Hall–Kier alpha value is -2.60. The molecule has 5 nitrogen and oxygen atoms in total. The molecule has 2 radical (unpaired) electrons. The predicted molar refractivity (Wildman–Crippen MR) is 111 cm³/mol. The van der Waals surface area contributed by atoms with E-state index >= 15 is 0 Å². The maximum Gasteiger partial charge on any atom is 0.312 e. The van der Waals surface area contributed by atoms with E-state index in [1.54, 1.807) is 0 Å². The van der Waals surface area contributed by atoms with Gasteiger partial charge in [-0.1, -0.05) is 67.1 Å². The minimum Gasteiger partial charge on any atom is -0.461 e. The number of rotatable bonds is 7. The molecule has 1 saturated heterocycles. The molecule has 4 rings (SSSR count). The predicted octanol–water partition coefficient (Wildman–Crippen LogP) is 3.54. The number of hydrogen-bond acceptors (Lipinski definition) is 5. The quantitative estimate of drug-likeness (QED) is 0.522. The Labute approximate surface area is 178 Å². The van der Waals surface area contributed by atoms with Crippen LogP contribution in [0.1, 0.15) is 36.8 Å². The average Bonchev–Trinajstić information content (AvgIpc) is 2.93. The normalized spacial score (nSPS) is 27.4. The van der Waals surface area contributed by atoms with Gasteiger partial charge in [0.05, 0.1) is 17.9 Å². The molecule has 2 aromatic carbocycles. The van der Waals surface area contributed by atoms with Gasteiger partial charge in [-0.2, -0.15) is 0 Å². The van der Waals surface area contributed by atoms with E-state index < -0.39 is 23.5 Å². The Kier molecular flexibility index (Phi) is 6.23. The number of ether oxygens (including phenoxy) is 3. The highest BCUT2D eigenvalue weighted by Gasteiger charge is 2.59. The first-order valence-corrected chi connectivity index (χ1v) is 10.4. The van der Waals surface area contributed by atoms with E-state index in [1.807, 2.05) is 60.7 Å². The molecule has 2 fully saturated rings. The van der Waals surface area contributed by atoms with E-state index in [0.29, 0.717) is 6.42 Å². The zero-order valence-electron chi connectivity index (χ0n) is 16.9. The molecule has 154 valence electrons. The van der Waals surface area contributed by atoms with Gasteiger partial charge in [-0.15, -0.1) is 0 Å². The first kappa shape index (κ1) is 20.7. The smallest absolute Gasteiger partial charge is 0.312 e. The molecule has 0 aromatic heterocycles. The van der Waals surface area contributed by atoms with Gasteiger partial charge in [0.1, 0.15) is 21.1 Å². The first-order chi connectivity index (χ1) is 14.6. The third kappa shape index (κ3) is 4.44. The molecule has 1 aliphatic heterocycles. The molecule has 0 spiro atoms. The minimum atomic E-state index is -0.954. The third-order valence-corrected chi connectivity index (χ3v) is 6.09. The largest absolute Gasteiger partial charge is 0.461 e. The molecule has 4 atom stereocenters. The summed E-state index contributed by atoms with van der Waals surface area (Å²) in [5, 5.41) is 0. The number of esters is 2. The molecule has 0 N–H and O–H groups in total. The summed E-state index contributed by atoms with van der Waals surface area (Å²) in [7, 11) is 6.20. The lowest BCUT2D eigenvalue weighted by Crippen LogP contribution is -2.46. The summed E-state index contributed by atoms with van der Waals surface area (Å²) in [5.74, 6) is -1.46. The van der Waals surface area contributed by atoms with E-state index in [1.165, 1.54) is 0 Å². The van der Waals surface area contributed by atoms with Crippen LogP contribution in [0.4, 0.5) is 0 Å². The first-order valence-electron chi connectivity index (χ1n) is 10.4. The lowest BCUT2D eigenvalue weighted by molar-refractivity contribution is -0.166. The van der Waals surface area contributed by atoms with E-state index in [4.69, 9.17) is 22.1 Å². The second-order valence-electron chi connectivity index (χ2n) is 8.10. The Morgan fingerprint density at radius 1 is 0.967 bits per heavy atom. The molecular formula is C24H25BO5. The molecule has 1 aliphatic carbocycles. The standard InChI is InChI=1S/C24H25BO5/c25-22-19-12-7-13-24(30-22,14-20(26)28-15-17-8-3-1-4-9-17)21(19)23(27)29-16-18-10-5-2-6-11-18/h1-6,8-11,19,21-22H,7,12-16H2/t19?,21?,22-,24-/m1/s1. The van der Waals surface area contributed by atoms with Crippen LogP contribution < -0.4 is 0 Å². The molecule has 2 unspecified atom stereocenters. The van der Waals surface area contributed by atoms with E-state index in [2.05, 4.69) is 0 Å². The van der Waals surface area contributed by atoms with E-state index in [-0.39, 0.29) is 31.5 Å². The fourth-order valence-corrected chi connectivity index (χ4v) is 4.68. The van der Waals surface area contributed by atoms with Crippen molar-refractivity contribution in [3.8, 4) is 0 Å². The van der Waals surface area contributed by atoms with Crippen molar-refractivity contribution in [3.05, 3.63) is 71.8 Å². The summed E-state index contributed by atoms with van der Waals surface area (Å²) in [6.45, 7) is 0.376. The van der Waals surface area contributed by atoms with Gasteiger partial charge in [0.15, 0.2) is 0 Å². The molecule has 1 saturated carbocycles. The van der Waals surface area contributed by atoms with Gasteiger partial charge in [0.25, 0.3) is 0 Å². The Morgan fingerprint density at radius 3 is 2.20 bits per heavy atom. The number of benzene rings is 2. The zero-order chi connectivity index (χ0) is 21.0. The molecule has 2 aromatic rings. The summed E-state index contributed by atoms with van der Waals surface area (Å²) in [6, 6.07) is 18.4. The Morgan fingerprint density at radius 2 is 1.57 bits per heavy atom. The highest BCUT2D eigenvalue weighted by Crippen LogP contribution is 2.51. The van der Waals surface area contributed by atoms with Crippen LogP contribution in [0.2, 0.25) is 0 Å². The van der Waals surface area contributed by atoms with Crippen LogP contribution in [0.15, 0.2) is 60.7 Å². The molecule has 1 heterocycles. The van der Waals surface area contributed by atoms with Crippen molar-refractivity contribution in [2.45, 2.75) is 50.5 Å². The van der Waals surface area contributed by atoms with Crippen molar-refractivity contribution in [2.24, 2.45) is 11.8 Å². The van der Waals surface area contributed by atoms with Crippen LogP contribution in [0, 0.1) is 11.8 Å². The number of carbonyl (C=O) groups excluding carboxylic acids is 2. The lowest BCUT2D eigenvalue weighted by atomic mass is 9.66. The Balaban J connectivity index is 1.43. The highest BCUT2D eigenvalue weighted by atomic mass is 16.6. The number of carbonyl (C=O) groups is 2. The van der Waals surface area contributed by atoms with Crippen LogP contribution in [-0.2, 0) is 37.0 Å². The summed E-state index contributed by atoms with van der Waals surface area (Å²) < 4.78 is 17.1. The topological polar surface area (TPSA) is 61.8 Å². The SMILES string of the molecule is [B][C@@H]1O[C@@]2(CC(=O)OCc3ccccc3)CCCC1C2C(=O)OCc1ccccc1. The summed E-state index contributed by atoms with van der Waals surface area (Å²) >= 11 is 0. The van der Waals surface area contributed by atoms with Gasteiger partial charge in [0, 0.05) is 6.00 Å². The van der Waals surface area contributed by atoms with Crippen molar-refractivity contribution in [1.29, 1.82) is 0 Å². The van der Waals surface area contributed by atoms with Gasteiger partial charge in [-0.3, -0.25) is 9.59 Å². The van der Waals surface area contributed by atoms with Crippen molar-refractivity contribution in [1.82, 2.24) is 0 Å². The number of fused-ring (bicyclic) bond motifs is 2. The maximum atomic E-state index is 13.0. The highest BCUT2D eigenvalue weighted by molar-refractivity contribution is 6.11. The van der Waals surface area contributed by atoms with Crippen LogP contribution in [0.5, 0.6) is 0 Å². The van der Waals surface area contributed by atoms with Crippen molar-refractivity contribution >= 4 is 19.8 Å². The van der Waals surface area contributed by atoms with Gasteiger partial charge < -0.3 is 14.2 Å². The van der Waals surface area contributed by atoms with Gasteiger partial charge in [-0.25, -0.2) is 0 Å². The maximum absolute atomic E-state index is 13.0. The monoisotopic (exact) mass is 404 g/mol. The van der Waals surface area contributed by atoms with Crippen LogP contribution >= 0.6 is 0 Å². The van der Waals surface area contributed by atoms with Gasteiger partial charge in [0.2, 0.25) is 0 Å². The molecular weight excluding hydrogens is 379 g/mol. The number of hydrogen-bond donors (Lipinski definition) is 0. The van der Waals surface area contributed by atoms with Gasteiger partial charge >= 0.3 is 11.9 Å². The zero-order valence-corrected chi connectivity index (χ0v) is 16.9. The second kappa shape index (κ2) is 9.05. The van der Waals surface area contributed by atoms with Crippen LogP contribution in [0.3, 0.4) is 0 Å². The average molecular weight is 404 g/mol. The van der Waals surface area contributed by atoms with Crippen molar-refractivity contribution < 1.29 is 23.8 Å². The lowest BCUT2D eigenvalue weighted by Gasteiger charge is -2.37. The summed E-state index contributed by atoms with van der Waals surface area (Å²) in [4.78, 5) is 25.7. The summed E-state index contributed by atoms with van der Waals surface area (Å²) in [6.07, 6.45) is 2.22. The minimum absolute atomic E-state index is 0.00482. The van der Waals surface area contributed by atoms with E-state index in [9.17, 15) is 9.59 Å².